The first-order valence-corrected chi connectivity index (χ1v) is 7.12. The summed E-state index contributed by atoms with van der Waals surface area (Å²) < 4.78 is 0. The Labute approximate surface area is 103 Å². The Morgan fingerprint density at radius 3 is 2.25 bits per heavy atom. The lowest BCUT2D eigenvalue weighted by Crippen LogP contribution is -2.24. The molecule has 0 radical (unpaired) electrons. The van der Waals surface area contributed by atoms with Gasteiger partial charge in [0.15, 0.2) is 0 Å². The number of nitrogens with one attached hydrogen (secondary N) is 1. The predicted octanol–water partition coefficient (Wildman–Crippen LogP) is 3.71. The van der Waals surface area contributed by atoms with E-state index in [0.717, 1.165) is 6.42 Å². The summed E-state index contributed by atoms with van der Waals surface area (Å²) in [6, 6.07) is 0.430. The van der Waals surface area contributed by atoms with Gasteiger partial charge < -0.3 is 5.32 Å². The summed E-state index contributed by atoms with van der Waals surface area (Å²) in [5, 5.41) is 4.70. The van der Waals surface area contributed by atoms with E-state index in [4.69, 9.17) is 4.98 Å². The first kappa shape index (κ1) is 13.7. The van der Waals surface area contributed by atoms with Gasteiger partial charge in [-0.05, 0) is 26.3 Å². The maximum atomic E-state index is 4.77. The topological polar surface area (TPSA) is 24.9 Å². The Balaban J connectivity index is 2.94. The van der Waals surface area contributed by atoms with E-state index in [1.165, 1.54) is 28.4 Å². The molecule has 1 rings (SSSR count). The van der Waals surface area contributed by atoms with Crippen molar-refractivity contribution in [2.24, 2.45) is 5.92 Å². The van der Waals surface area contributed by atoms with Crippen LogP contribution in [0.5, 0.6) is 0 Å². The second-order valence-corrected chi connectivity index (χ2v) is 5.49. The molecular formula is C13H24N2S. The molecule has 1 atom stereocenters. The Kier molecular flexibility index (Phi) is 5.42. The van der Waals surface area contributed by atoms with Crippen LogP contribution in [0.15, 0.2) is 0 Å². The lowest BCUT2D eigenvalue weighted by Gasteiger charge is -2.22. The minimum Gasteiger partial charge on any atom is -0.311 e. The number of hydrogen-bond donors (Lipinski definition) is 1. The highest BCUT2D eigenvalue weighted by Crippen LogP contribution is 2.31. The van der Waals surface area contributed by atoms with E-state index in [1.807, 2.05) is 18.4 Å². The summed E-state index contributed by atoms with van der Waals surface area (Å²) in [4.78, 5) is 6.15. The van der Waals surface area contributed by atoms with Gasteiger partial charge in [-0.25, -0.2) is 4.98 Å². The largest absolute Gasteiger partial charge is 0.311 e. The predicted molar refractivity (Wildman–Crippen MR) is 72.1 cm³/mol. The van der Waals surface area contributed by atoms with E-state index >= 15 is 0 Å². The van der Waals surface area contributed by atoms with Crippen molar-refractivity contribution in [3.63, 3.8) is 0 Å². The first-order valence-electron chi connectivity index (χ1n) is 6.31. The molecule has 0 aromatic carbocycles. The van der Waals surface area contributed by atoms with E-state index in [-0.39, 0.29) is 0 Å². The van der Waals surface area contributed by atoms with Crippen LogP contribution >= 0.6 is 11.3 Å². The molecule has 0 aliphatic rings. The zero-order chi connectivity index (χ0) is 12.1. The van der Waals surface area contributed by atoms with Gasteiger partial charge in [0.05, 0.1) is 11.7 Å². The zero-order valence-corrected chi connectivity index (χ0v) is 11.9. The fraction of sp³-hybridized carbons (Fsp3) is 0.769. The van der Waals surface area contributed by atoms with E-state index in [1.54, 1.807) is 0 Å². The van der Waals surface area contributed by atoms with Crippen molar-refractivity contribution in [3.8, 4) is 0 Å². The summed E-state index contributed by atoms with van der Waals surface area (Å²) in [6.07, 6.45) is 3.46. The molecule has 0 saturated carbocycles. The minimum atomic E-state index is 0.430. The number of hydrogen-bond acceptors (Lipinski definition) is 3. The van der Waals surface area contributed by atoms with E-state index in [9.17, 15) is 0 Å². The number of thiazole rings is 1. The highest BCUT2D eigenvalue weighted by atomic mass is 32.1. The fourth-order valence-corrected chi connectivity index (χ4v) is 3.45. The first-order chi connectivity index (χ1) is 7.67. The molecule has 0 fully saturated rings. The van der Waals surface area contributed by atoms with Crippen LogP contribution in [0.2, 0.25) is 0 Å². The third kappa shape index (κ3) is 2.83. The molecule has 0 spiro atoms. The molecule has 0 bridgehead atoms. The van der Waals surface area contributed by atoms with Gasteiger partial charge in [-0.1, -0.05) is 33.6 Å². The smallest absolute Gasteiger partial charge is 0.110 e. The number of aryl methyl sites for hydroxylation is 2. The molecule has 0 amide bonds. The molecule has 0 aliphatic heterocycles. The maximum Gasteiger partial charge on any atom is 0.110 e. The Hall–Kier alpha value is -0.410. The van der Waals surface area contributed by atoms with Crippen molar-refractivity contribution in [1.82, 2.24) is 10.3 Å². The summed E-state index contributed by atoms with van der Waals surface area (Å²) in [7, 11) is 2.05. The van der Waals surface area contributed by atoms with Crippen LogP contribution in [0, 0.1) is 12.8 Å². The second kappa shape index (κ2) is 6.36. The molecule has 2 nitrogen and oxygen atoms in total. The van der Waals surface area contributed by atoms with Crippen LogP contribution < -0.4 is 5.32 Å². The monoisotopic (exact) mass is 240 g/mol. The number of aromatic nitrogens is 1. The Bertz CT molecular complexity index is 316. The molecule has 0 aliphatic carbocycles. The highest BCUT2D eigenvalue weighted by molar-refractivity contribution is 7.11. The molecule has 16 heavy (non-hydrogen) atoms. The van der Waals surface area contributed by atoms with Gasteiger partial charge in [0.2, 0.25) is 0 Å². The Morgan fingerprint density at radius 1 is 1.25 bits per heavy atom. The quantitative estimate of drug-likeness (QED) is 0.820. The molecule has 3 heteroatoms. The highest BCUT2D eigenvalue weighted by Gasteiger charge is 2.22. The molecule has 1 heterocycles. The lowest BCUT2D eigenvalue weighted by atomic mass is 9.95. The van der Waals surface area contributed by atoms with E-state index in [0.29, 0.717) is 12.0 Å². The van der Waals surface area contributed by atoms with Crippen LogP contribution in [0.4, 0.5) is 0 Å². The summed E-state index contributed by atoms with van der Waals surface area (Å²) in [5.41, 5.74) is 1.27. The zero-order valence-electron chi connectivity index (χ0n) is 11.1. The normalized spacial score (nSPS) is 13.4. The van der Waals surface area contributed by atoms with Crippen LogP contribution in [0.3, 0.4) is 0 Å². The average Bonchev–Trinajstić information content (AvgIpc) is 2.66. The van der Waals surface area contributed by atoms with Crippen molar-refractivity contribution in [3.05, 3.63) is 15.6 Å². The maximum absolute atomic E-state index is 4.77. The van der Waals surface area contributed by atoms with Crippen LogP contribution in [0.25, 0.3) is 0 Å². The van der Waals surface area contributed by atoms with E-state index in [2.05, 4.69) is 33.0 Å². The molecular weight excluding hydrogens is 216 g/mol. The standard InChI is InChI=1S/C13H24N2S/c1-6-10(7-2)12(14-5)13-15-11(8-3)9(4)16-13/h10,12,14H,6-8H2,1-5H3. The lowest BCUT2D eigenvalue weighted by molar-refractivity contribution is 0.358. The van der Waals surface area contributed by atoms with Crippen molar-refractivity contribution >= 4 is 11.3 Å². The SMILES string of the molecule is CCc1nc(C(NC)C(CC)CC)sc1C. The van der Waals surface area contributed by atoms with Gasteiger partial charge in [0.25, 0.3) is 0 Å². The second-order valence-electron chi connectivity index (χ2n) is 4.25. The third-order valence-corrected chi connectivity index (χ3v) is 4.44. The van der Waals surface area contributed by atoms with Crippen LogP contribution in [0.1, 0.15) is 55.2 Å². The molecule has 1 unspecified atom stereocenters. The van der Waals surface area contributed by atoms with E-state index < -0.39 is 0 Å². The Morgan fingerprint density at radius 2 is 1.88 bits per heavy atom. The van der Waals surface area contributed by atoms with Gasteiger partial charge in [-0.2, -0.15) is 0 Å². The van der Waals surface area contributed by atoms with Crippen LogP contribution in [-0.2, 0) is 6.42 Å². The van der Waals surface area contributed by atoms with Crippen molar-refractivity contribution in [2.75, 3.05) is 7.05 Å². The molecule has 1 N–H and O–H groups in total. The fourth-order valence-electron chi connectivity index (χ4n) is 2.23. The third-order valence-electron chi connectivity index (χ3n) is 3.34. The van der Waals surface area contributed by atoms with Crippen molar-refractivity contribution in [1.29, 1.82) is 0 Å². The van der Waals surface area contributed by atoms with Gasteiger partial charge in [-0.15, -0.1) is 11.3 Å². The molecule has 0 saturated heterocycles. The summed E-state index contributed by atoms with van der Waals surface area (Å²) >= 11 is 1.86. The number of rotatable bonds is 6. The minimum absolute atomic E-state index is 0.430. The summed E-state index contributed by atoms with van der Waals surface area (Å²) in [5.74, 6) is 0.695. The summed E-state index contributed by atoms with van der Waals surface area (Å²) in [6.45, 7) is 8.89. The van der Waals surface area contributed by atoms with Gasteiger partial charge in [0.1, 0.15) is 5.01 Å². The number of nitrogens with zero attached hydrogens (tertiary/aromatic N) is 1. The van der Waals surface area contributed by atoms with Gasteiger partial charge in [-0.3, -0.25) is 0 Å². The molecule has 1 aromatic rings. The molecule has 92 valence electrons. The van der Waals surface area contributed by atoms with Crippen molar-refractivity contribution in [2.45, 2.75) is 53.0 Å². The van der Waals surface area contributed by atoms with Gasteiger partial charge >= 0.3 is 0 Å². The van der Waals surface area contributed by atoms with Gasteiger partial charge in [0, 0.05) is 4.88 Å². The van der Waals surface area contributed by atoms with Crippen molar-refractivity contribution < 1.29 is 0 Å². The molecule has 1 aromatic heterocycles. The van der Waals surface area contributed by atoms with Crippen LogP contribution in [-0.4, -0.2) is 12.0 Å². The average molecular weight is 240 g/mol.